The van der Waals surface area contributed by atoms with Crippen LogP contribution in [-0.2, 0) is 0 Å². The molecule has 2 aliphatic rings. The highest BCUT2D eigenvalue weighted by Gasteiger charge is 2.23. The third-order valence-electron chi connectivity index (χ3n) is 4.89. The first kappa shape index (κ1) is 14.7. The Morgan fingerprint density at radius 3 is 2.48 bits per heavy atom. The maximum Gasteiger partial charge on any atom is 0.161 e. The summed E-state index contributed by atoms with van der Waals surface area (Å²) in [6.07, 6.45) is 6.50. The van der Waals surface area contributed by atoms with Gasteiger partial charge in [-0.1, -0.05) is 18.9 Å². The smallest absolute Gasteiger partial charge is 0.161 e. The number of rotatable bonds is 4. The third kappa shape index (κ3) is 3.52. The number of benzene rings is 1. The largest absolute Gasteiger partial charge is 0.490 e. The lowest BCUT2D eigenvalue weighted by molar-refractivity contribution is 0.296. The van der Waals surface area contributed by atoms with E-state index in [0.29, 0.717) is 12.1 Å². The van der Waals surface area contributed by atoms with Gasteiger partial charge in [0.05, 0.1) is 13.2 Å². The Hall–Kier alpha value is -1.22. The minimum absolute atomic E-state index is 0.345. The van der Waals surface area contributed by atoms with Crippen LogP contribution in [0.4, 0.5) is 0 Å². The minimum Gasteiger partial charge on any atom is -0.490 e. The maximum atomic E-state index is 5.79. The molecule has 0 aromatic heterocycles. The Bertz CT molecular complexity index is 468. The van der Waals surface area contributed by atoms with Crippen molar-refractivity contribution in [1.82, 2.24) is 5.32 Å². The van der Waals surface area contributed by atoms with Gasteiger partial charge >= 0.3 is 0 Å². The van der Waals surface area contributed by atoms with E-state index in [2.05, 4.69) is 37.4 Å². The fourth-order valence-corrected chi connectivity index (χ4v) is 3.53. The first-order chi connectivity index (χ1) is 10.2. The van der Waals surface area contributed by atoms with Crippen LogP contribution in [0.2, 0.25) is 0 Å². The molecule has 1 aromatic rings. The van der Waals surface area contributed by atoms with E-state index in [1.165, 1.54) is 31.2 Å². The van der Waals surface area contributed by atoms with Gasteiger partial charge in [-0.3, -0.25) is 0 Å². The maximum absolute atomic E-state index is 5.79. The predicted octanol–water partition coefficient (Wildman–Crippen LogP) is 4.08. The van der Waals surface area contributed by atoms with Crippen molar-refractivity contribution < 1.29 is 9.47 Å². The van der Waals surface area contributed by atoms with Crippen LogP contribution in [0.1, 0.15) is 57.6 Å². The molecule has 1 N–H and O–H groups in total. The Labute approximate surface area is 128 Å². The molecule has 1 saturated carbocycles. The van der Waals surface area contributed by atoms with E-state index in [-0.39, 0.29) is 0 Å². The third-order valence-corrected chi connectivity index (χ3v) is 4.89. The highest BCUT2D eigenvalue weighted by molar-refractivity contribution is 5.44. The molecule has 0 spiro atoms. The van der Waals surface area contributed by atoms with Crippen molar-refractivity contribution in [2.75, 3.05) is 13.2 Å². The highest BCUT2D eigenvalue weighted by Crippen LogP contribution is 2.33. The number of nitrogens with one attached hydrogen (secondary N) is 1. The summed E-state index contributed by atoms with van der Waals surface area (Å²) < 4.78 is 11.5. The molecule has 3 nitrogen and oxygen atoms in total. The van der Waals surface area contributed by atoms with Gasteiger partial charge in [0.15, 0.2) is 11.5 Å². The van der Waals surface area contributed by atoms with Crippen LogP contribution in [0, 0.1) is 5.92 Å². The lowest BCUT2D eigenvalue weighted by Crippen LogP contribution is -2.34. The van der Waals surface area contributed by atoms with Gasteiger partial charge in [0.1, 0.15) is 0 Å². The van der Waals surface area contributed by atoms with Crippen LogP contribution in [0.15, 0.2) is 18.2 Å². The Morgan fingerprint density at radius 2 is 1.71 bits per heavy atom. The normalized spacial score (nSPS) is 21.8. The van der Waals surface area contributed by atoms with Crippen molar-refractivity contribution in [2.45, 2.75) is 58.0 Å². The van der Waals surface area contributed by atoms with Crippen molar-refractivity contribution in [2.24, 2.45) is 5.92 Å². The van der Waals surface area contributed by atoms with E-state index in [0.717, 1.165) is 37.1 Å². The monoisotopic (exact) mass is 289 g/mol. The zero-order valence-corrected chi connectivity index (χ0v) is 13.2. The van der Waals surface area contributed by atoms with E-state index in [1.807, 2.05) is 0 Å². The number of hydrogen-bond donors (Lipinski definition) is 1. The first-order valence-corrected chi connectivity index (χ1v) is 8.39. The van der Waals surface area contributed by atoms with Crippen LogP contribution in [0.5, 0.6) is 11.5 Å². The van der Waals surface area contributed by atoms with Gasteiger partial charge in [0.2, 0.25) is 0 Å². The summed E-state index contributed by atoms with van der Waals surface area (Å²) in [6.45, 7) is 6.07. The van der Waals surface area contributed by atoms with Gasteiger partial charge in [-0.25, -0.2) is 0 Å². The lowest BCUT2D eigenvalue weighted by Gasteiger charge is -2.25. The van der Waals surface area contributed by atoms with Gasteiger partial charge in [-0.15, -0.1) is 0 Å². The molecule has 116 valence electrons. The van der Waals surface area contributed by atoms with E-state index in [1.54, 1.807) is 0 Å². The fraction of sp³-hybridized carbons (Fsp3) is 0.667. The molecule has 0 radical (unpaired) electrons. The quantitative estimate of drug-likeness (QED) is 0.906. The van der Waals surface area contributed by atoms with Gasteiger partial charge in [0.25, 0.3) is 0 Å². The second-order valence-electron chi connectivity index (χ2n) is 6.48. The average Bonchev–Trinajstić information content (AvgIpc) is 2.92. The molecule has 0 bridgehead atoms. The van der Waals surface area contributed by atoms with Crippen LogP contribution < -0.4 is 14.8 Å². The molecule has 2 atom stereocenters. The first-order valence-electron chi connectivity index (χ1n) is 8.39. The summed E-state index contributed by atoms with van der Waals surface area (Å²) in [5.41, 5.74) is 1.28. The highest BCUT2D eigenvalue weighted by atomic mass is 16.5. The van der Waals surface area contributed by atoms with E-state index in [9.17, 15) is 0 Å². The summed E-state index contributed by atoms with van der Waals surface area (Å²) in [7, 11) is 0. The standard InChI is InChI=1S/C18H27NO2/c1-13(15-6-3-4-7-15)19-14(2)16-8-9-17-18(12-16)21-11-5-10-20-17/h8-9,12-15,19H,3-7,10-11H2,1-2H3. The topological polar surface area (TPSA) is 30.5 Å². The number of fused-ring (bicyclic) bond motifs is 1. The molecular weight excluding hydrogens is 262 g/mol. The van der Waals surface area contributed by atoms with E-state index >= 15 is 0 Å². The second kappa shape index (κ2) is 6.69. The Morgan fingerprint density at radius 1 is 1.00 bits per heavy atom. The summed E-state index contributed by atoms with van der Waals surface area (Å²) >= 11 is 0. The molecule has 0 saturated heterocycles. The fourth-order valence-electron chi connectivity index (χ4n) is 3.53. The molecule has 3 rings (SSSR count). The van der Waals surface area contributed by atoms with E-state index in [4.69, 9.17) is 9.47 Å². The second-order valence-corrected chi connectivity index (χ2v) is 6.48. The summed E-state index contributed by atoms with van der Waals surface area (Å²) in [4.78, 5) is 0. The number of hydrogen-bond acceptors (Lipinski definition) is 3. The zero-order chi connectivity index (χ0) is 14.7. The van der Waals surface area contributed by atoms with Crippen molar-refractivity contribution in [3.63, 3.8) is 0 Å². The van der Waals surface area contributed by atoms with Crippen LogP contribution in [-0.4, -0.2) is 19.3 Å². The van der Waals surface area contributed by atoms with E-state index < -0.39 is 0 Å². The van der Waals surface area contributed by atoms with Crippen LogP contribution in [0.25, 0.3) is 0 Å². The van der Waals surface area contributed by atoms with Crippen molar-refractivity contribution in [1.29, 1.82) is 0 Å². The molecular formula is C18H27NO2. The van der Waals surface area contributed by atoms with Gasteiger partial charge in [0, 0.05) is 18.5 Å². The van der Waals surface area contributed by atoms with Crippen molar-refractivity contribution in [3.05, 3.63) is 23.8 Å². The number of ether oxygens (including phenoxy) is 2. The van der Waals surface area contributed by atoms with Gasteiger partial charge in [-0.2, -0.15) is 0 Å². The summed E-state index contributed by atoms with van der Waals surface area (Å²) in [6, 6.07) is 7.27. The van der Waals surface area contributed by atoms with Gasteiger partial charge in [-0.05, 0) is 50.3 Å². The zero-order valence-electron chi connectivity index (χ0n) is 13.2. The lowest BCUT2D eigenvalue weighted by atomic mass is 9.97. The molecule has 3 heteroatoms. The van der Waals surface area contributed by atoms with Crippen LogP contribution in [0.3, 0.4) is 0 Å². The molecule has 2 unspecified atom stereocenters. The molecule has 1 aliphatic carbocycles. The molecule has 21 heavy (non-hydrogen) atoms. The summed E-state index contributed by atoms with van der Waals surface area (Å²) in [5.74, 6) is 2.62. The van der Waals surface area contributed by atoms with Crippen LogP contribution >= 0.6 is 0 Å². The molecule has 1 fully saturated rings. The van der Waals surface area contributed by atoms with Crippen molar-refractivity contribution in [3.8, 4) is 11.5 Å². The molecule has 1 aromatic carbocycles. The predicted molar refractivity (Wildman–Crippen MR) is 85.0 cm³/mol. The molecule has 1 heterocycles. The minimum atomic E-state index is 0.345. The average molecular weight is 289 g/mol. The Balaban J connectivity index is 1.66. The molecule has 1 aliphatic heterocycles. The van der Waals surface area contributed by atoms with Gasteiger partial charge < -0.3 is 14.8 Å². The molecule has 0 amide bonds. The SMILES string of the molecule is CC(NC(C)C1CCCC1)c1ccc2c(c1)OCCCO2. The summed E-state index contributed by atoms with van der Waals surface area (Å²) in [5, 5.41) is 3.76. The van der Waals surface area contributed by atoms with Crippen molar-refractivity contribution >= 4 is 0 Å². The Kier molecular flexibility index (Phi) is 4.69.